The summed E-state index contributed by atoms with van der Waals surface area (Å²) in [5.74, 6) is 0.114. The summed E-state index contributed by atoms with van der Waals surface area (Å²) in [6.07, 6.45) is 0.120. The van der Waals surface area contributed by atoms with Crippen molar-refractivity contribution in [1.29, 1.82) is 0 Å². The molecule has 0 spiro atoms. The first-order chi connectivity index (χ1) is 11.5. The van der Waals surface area contributed by atoms with Crippen LogP contribution in [0.3, 0.4) is 0 Å². The van der Waals surface area contributed by atoms with Gasteiger partial charge in [0, 0.05) is 36.3 Å². The van der Waals surface area contributed by atoms with Crippen molar-refractivity contribution in [2.75, 3.05) is 32.8 Å². The van der Waals surface area contributed by atoms with Gasteiger partial charge in [0.2, 0.25) is 5.91 Å². The molecule has 0 saturated carbocycles. The van der Waals surface area contributed by atoms with Crippen molar-refractivity contribution >= 4 is 23.8 Å². The largest absolute Gasteiger partial charge is 0.450 e. The van der Waals surface area contributed by atoms with Crippen LogP contribution >= 0.6 is 11.8 Å². The maximum atomic E-state index is 12.4. The second-order valence-corrected chi connectivity index (χ2v) is 7.70. The van der Waals surface area contributed by atoms with E-state index < -0.39 is 0 Å². The number of rotatable bonds is 5. The SMILES string of the molecule is CCOC(=O)N1CCN(C(=O)Cc2ccc(SC(C)C)cc2)CC1. The van der Waals surface area contributed by atoms with Crippen LogP contribution in [0.1, 0.15) is 26.3 Å². The molecule has 0 bridgehead atoms. The van der Waals surface area contributed by atoms with Crippen LogP contribution in [-0.4, -0.2) is 59.8 Å². The third-order valence-corrected chi connectivity index (χ3v) is 4.82. The summed E-state index contributed by atoms with van der Waals surface area (Å²) in [5, 5.41) is 0.549. The van der Waals surface area contributed by atoms with E-state index in [0.29, 0.717) is 44.5 Å². The Hall–Kier alpha value is -1.69. The van der Waals surface area contributed by atoms with E-state index in [2.05, 4.69) is 26.0 Å². The van der Waals surface area contributed by atoms with Crippen LogP contribution in [0.2, 0.25) is 0 Å². The number of nitrogens with zero attached hydrogens (tertiary/aromatic N) is 2. The molecule has 132 valence electrons. The smallest absolute Gasteiger partial charge is 0.409 e. The van der Waals surface area contributed by atoms with E-state index in [0.717, 1.165) is 5.56 Å². The second-order valence-electron chi connectivity index (χ2n) is 6.05. The predicted octanol–water partition coefficient (Wildman–Crippen LogP) is 3.03. The molecule has 0 N–H and O–H groups in total. The molecule has 0 aromatic heterocycles. The number of hydrogen-bond acceptors (Lipinski definition) is 4. The van der Waals surface area contributed by atoms with Crippen LogP contribution in [0.25, 0.3) is 0 Å². The normalized spacial score (nSPS) is 14.8. The van der Waals surface area contributed by atoms with Gasteiger partial charge in [0.1, 0.15) is 0 Å². The van der Waals surface area contributed by atoms with Gasteiger partial charge in [-0.25, -0.2) is 4.79 Å². The first-order valence-corrected chi connectivity index (χ1v) is 9.32. The molecule has 2 rings (SSSR count). The lowest BCUT2D eigenvalue weighted by molar-refractivity contribution is -0.132. The Morgan fingerprint density at radius 3 is 2.21 bits per heavy atom. The minimum atomic E-state index is -0.289. The van der Waals surface area contributed by atoms with E-state index >= 15 is 0 Å². The fourth-order valence-corrected chi connectivity index (χ4v) is 3.44. The molecule has 1 heterocycles. The molecular formula is C18H26N2O3S. The molecule has 1 aliphatic heterocycles. The number of piperazine rings is 1. The lowest BCUT2D eigenvalue weighted by Crippen LogP contribution is -2.51. The molecular weight excluding hydrogens is 324 g/mol. The molecule has 2 amide bonds. The second kappa shape index (κ2) is 8.97. The number of amides is 2. The number of carbonyl (C=O) groups excluding carboxylic acids is 2. The van der Waals surface area contributed by atoms with Crippen molar-refractivity contribution in [3.05, 3.63) is 29.8 Å². The molecule has 1 saturated heterocycles. The van der Waals surface area contributed by atoms with Crippen LogP contribution in [0.5, 0.6) is 0 Å². The van der Waals surface area contributed by atoms with Gasteiger partial charge < -0.3 is 14.5 Å². The van der Waals surface area contributed by atoms with Crippen LogP contribution in [0.4, 0.5) is 4.79 Å². The molecule has 0 radical (unpaired) electrons. The van der Waals surface area contributed by atoms with E-state index in [1.165, 1.54) is 4.90 Å². The molecule has 6 heteroatoms. The first kappa shape index (κ1) is 18.6. The van der Waals surface area contributed by atoms with Gasteiger partial charge in [-0.2, -0.15) is 0 Å². The highest BCUT2D eigenvalue weighted by atomic mass is 32.2. The van der Waals surface area contributed by atoms with E-state index in [4.69, 9.17) is 4.74 Å². The summed E-state index contributed by atoms with van der Waals surface area (Å²) in [4.78, 5) is 28.8. The summed E-state index contributed by atoms with van der Waals surface area (Å²) in [6.45, 7) is 8.71. The van der Waals surface area contributed by atoms with E-state index in [1.54, 1.807) is 11.8 Å². The van der Waals surface area contributed by atoms with Gasteiger partial charge in [-0.15, -0.1) is 11.8 Å². The van der Waals surface area contributed by atoms with Crippen LogP contribution < -0.4 is 0 Å². The molecule has 1 fully saturated rings. The monoisotopic (exact) mass is 350 g/mol. The zero-order chi connectivity index (χ0) is 17.5. The molecule has 5 nitrogen and oxygen atoms in total. The summed E-state index contributed by atoms with van der Waals surface area (Å²) in [5.41, 5.74) is 1.03. The average molecular weight is 350 g/mol. The lowest BCUT2D eigenvalue weighted by Gasteiger charge is -2.34. The third-order valence-electron chi connectivity index (χ3n) is 3.81. The number of ether oxygens (including phenoxy) is 1. The van der Waals surface area contributed by atoms with E-state index in [-0.39, 0.29) is 12.0 Å². The van der Waals surface area contributed by atoms with Crippen LogP contribution in [0, 0.1) is 0 Å². The van der Waals surface area contributed by atoms with Crippen LogP contribution in [0.15, 0.2) is 29.2 Å². The van der Waals surface area contributed by atoms with Crippen LogP contribution in [-0.2, 0) is 16.0 Å². The minimum absolute atomic E-state index is 0.114. The first-order valence-electron chi connectivity index (χ1n) is 8.44. The number of thioether (sulfide) groups is 1. The molecule has 1 aromatic rings. The maximum Gasteiger partial charge on any atom is 0.409 e. The molecule has 24 heavy (non-hydrogen) atoms. The van der Waals surface area contributed by atoms with Gasteiger partial charge in [-0.05, 0) is 24.6 Å². The van der Waals surface area contributed by atoms with Gasteiger partial charge in [0.05, 0.1) is 13.0 Å². The summed E-state index contributed by atoms with van der Waals surface area (Å²) < 4.78 is 4.99. The van der Waals surface area contributed by atoms with Crippen molar-refractivity contribution in [3.8, 4) is 0 Å². The fraction of sp³-hybridized carbons (Fsp3) is 0.556. The maximum absolute atomic E-state index is 12.4. The fourth-order valence-electron chi connectivity index (χ4n) is 2.60. The molecule has 0 unspecified atom stereocenters. The quantitative estimate of drug-likeness (QED) is 0.766. The molecule has 0 atom stereocenters. The van der Waals surface area contributed by atoms with Crippen molar-refractivity contribution in [2.45, 2.75) is 37.3 Å². The average Bonchev–Trinajstić information content (AvgIpc) is 2.56. The number of carbonyl (C=O) groups is 2. The van der Waals surface area contributed by atoms with Gasteiger partial charge >= 0.3 is 6.09 Å². The Morgan fingerprint density at radius 2 is 1.67 bits per heavy atom. The third kappa shape index (κ3) is 5.44. The zero-order valence-electron chi connectivity index (χ0n) is 14.7. The van der Waals surface area contributed by atoms with E-state index in [1.807, 2.05) is 28.8 Å². The topological polar surface area (TPSA) is 49.9 Å². The van der Waals surface area contributed by atoms with Gasteiger partial charge in [-0.3, -0.25) is 4.79 Å². The van der Waals surface area contributed by atoms with Gasteiger partial charge in [0.15, 0.2) is 0 Å². The highest BCUT2D eigenvalue weighted by Crippen LogP contribution is 2.23. The Bertz CT molecular complexity index is 552. The molecule has 1 aliphatic rings. The lowest BCUT2D eigenvalue weighted by atomic mass is 10.1. The minimum Gasteiger partial charge on any atom is -0.450 e. The Morgan fingerprint density at radius 1 is 1.08 bits per heavy atom. The van der Waals surface area contributed by atoms with Gasteiger partial charge in [-0.1, -0.05) is 26.0 Å². The zero-order valence-corrected chi connectivity index (χ0v) is 15.5. The van der Waals surface area contributed by atoms with E-state index in [9.17, 15) is 9.59 Å². The van der Waals surface area contributed by atoms with Gasteiger partial charge in [0.25, 0.3) is 0 Å². The number of benzene rings is 1. The molecule has 1 aromatic carbocycles. The van der Waals surface area contributed by atoms with Crippen molar-refractivity contribution in [1.82, 2.24) is 9.80 Å². The Balaban J connectivity index is 1.82. The van der Waals surface area contributed by atoms with Crippen molar-refractivity contribution in [3.63, 3.8) is 0 Å². The highest BCUT2D eigenvalue weighted by Gasteiger charge is 2.24. The summed E-state index contributed by atoms with van der Waals surface area (Å²) >= 11 is 1.82. The Kier molecular flexibility index (Phi) is 6.97. The van der Waals surface area contributed by atoms with Crippen molar-refractivity contribution < 1.29 is 14.3 Å². The number of hydrogen-bond donors (Lipinski definition) is 0. The van der Waals surface area contributed by atoms with Crippen molar-refractivity contribution in [2.24, 2.45) is 0 Å². The molecule has 0 aliphatic carbocycles. The standard InChI is InChI=1S/C18H26N2O3S/c1-4-23-18(22)20-11-9-19(10-12-20)17(21)13-15-5-7-16(8-6-15)24-14(2)3/h5-8,14H,4,9-13H2,1-3H3. The predicted molar refractivity (Wildman–Crippen MR) is 96.3 cm³/mol. The highest BCUT2D eigenvalue weighted by molar-refractivity contribution is 7.99. The summed E-state index contributed by atoms with van der Waals surface area (Å²) in [7, 11) is 0. The Labute approximate surface area is 148 Å². The summed E-state index contributed by atoms with van der Waals surface area (Å²) in [6, 6.07) is 8.20.